The second kappa shape index (κ2) is 9.54. The number of nitrogens with zero attached hydrogens (tertiary/aromatic N) is 1. The molecule has 148 valence electrons. The van der Waals surface area contributed by atoms with E-state index in [1.54, 1.807) is 4.90 Å². The molecule has 1 aliphatic carbocycles. The molecule has 0 unspecified atom stereocenters. The van der Waals surface area contributed by atoms with Gasteiger partial charge in [0.2, 0.25) is 11.8 Å². The molecule has 0 heterocycles. The van der Waals surface area contributed by atoms with Crippen LogP contribution in [0.15, 0.2) is 60.7 Å². The quantitative estimate of drug-likeness (QED) is 0.763. The minimum atomic E-state index is -0.0717. The van der Waals surface area contributed by atoms with E-state index in [0.29, 0.717) is 11.8 Å². The van der Waals surface area contributed by atoms with E-state index < -0.39 is 0 Å². The van der Waals surface area contributed by atoms with Crippen LogP contribution in [0.4, 0.5) is 11.4 Å². The Labute approximate surface area is 167 Å². The molecule has 0 spiro atoms. The molecule has 2 aromatic rings. The SMILES string of the molecule is C[C@@H]1[C@H](C)CCC[C@@H]1NC(=O)CCC(=O)N(c1ccccc1)c1ccccc1. The van der Waals surface area contributed by atoms with Gasteiger partial charge in [-0.05, 0) is 42.5 Å². The lowest BCUT2D eigenvalue weighted by molar-refractivity contribution is -0.126. The summed E-state index contributed by atoms with van der Waals surface area (Å²) in [7, 11) is 0. The molecule has 2 aromatic carbocycles. The van der Waals surface area contributed by atoms with Crippen molar-refractivity contribution < 1.29 is 9.59 Å². The van der Waals surface area contributed by atoms with Crippen LogP contribution in [0.3, 0.4) is 0 Å². The highest BCUT2D eigenvalue weighted by molar-refractivity contribution is 6.01. The van der Waals surface area contributed by atoms with Gasteiger partial charge in [-0.25, -0.2) is 0 Å². The molecule has 28 heavy (non-hydrogen) atoms. The number of carbonyl (C=O) groups is 2. The zero-order valence-corrected chi connectivity index (χ0v) is 16.8. The number of carbonyl (C=O) groups excluding carboxylic acids is 2. The summed E-state index contributed by atoms with van der Waals surface area (Å²) in [5.74, 6) is 1.02. The second-order valence-corrected chi connectivity index (χ2v) is 7.84. The van der Waals surface area contributed by atoms with E-state index in [-0.39, 0.29) is 30.7 Å². The largest absolute Gasteiger partial charge is 0.353 e. The molecule has 1 aliphatic rings. The summed E-state index contributed by atoms with van der Waals surface area (Å²) >= 11 is 0. The molecule has 0 aromatic heterocycles. The fourth-order valence-electron chi connectivity index (χ4n) is 3.99. The van der Waals surface area contributed by atoms with Crippen LogP contribution in [0, 0.1) is 11.8 Å². The number of anilines is 2. The highest BCUT2D eigenvalue weighted by Gasteiger charge is 2.28. The van der Waals surface area contributed by atoms with Crippen molar-refractivity contribution in [2.45, 2.75) is 52.0 Å². The Morgan fingerprint density at radius 1 is 0.893 bits per heavy atom. The number of benzene rings is 2. The van der Waals surface area contributed by atoms with Gasteiger partial charge in [0.1, 0.15) is 0 Å². The molecule has 1 saturated carbocycles. The molecule has 4 nitrogen and oxygen atoms in total. The molecule has 3 atom stereocenters. The number of nitrogens with one attached hydrogen (secondary N) is 1. The van der Waals surface area contributed by atoms with Crippen molar-refractivity contribution in [1.29, 1.82) is 0 Å². The maximum absolute atomic E-state index is 13.0. The number of hydrogen-bond donors (Lipinski definition) is 1. The minimum absolute atomic E-state index is 0.0274. The molecular formula is C24H30N2O2. The summed E-state index contributed by atoms with van der Waals surface area (Å²) in [5, 5.41) is 3.16. The van der Waals surface area contributed by atoms with Crippen molar-refractivity contribution in [2.75, 3.05) is 4.90 Å². The first-order valence-corrected chi connectivity index (χ1v) is 10.3. The minimum Gasteiger partial charge on any atom is -0.353 e. The van der Waals surface area contributed by atoms with Crippen molar-refractivity contribution in [3.05, 3.63) is 60.7 Å². The van der Waals surface area contributed by atoms with Crippen LogP contribution in [-0.2, 0) is 9.59 Å². The van der Waals surface area contributed by atoms with Crippen molar-refractivity contribution in [1.82, 2.24) is 5.32 Å². The Balaban J connectivity index is 1.63. The van der Waals surface area contributed by atoms with E-state index in [2.05, 4.69) is 19.2 Å². The van der Waals surface area contributed by atoms with E-state index >= 15 is 0 Å². The third-order valence-corrected chi connectivity index (χ3v) is 5.90. The Kier molecular flexibility index (Phi) is 6.85. The van der Waals surface area contributed by atoms with Crippen molar-refractivity contribution >= 4 is 23.2 Å². The predicted molar refractivity (Wildman–Crippen MR) is 113 cm³/mol. The van der Waals surface area contributed by atoms with Crippen LogP contribution in [-0.4, -0.2) is 17.9 Å². The fraction of sp³-hybridized carbons (Fsp3) is 0.417. The number of amides is 2. The van der Waals surface area contributed by atoms with E-state index in [0.717, 1.165) is 24.2 Å². The zero-order valence-electron chi connectivity index (χ0n) is 16.8. The van der Waals surface area contributed by atoms with E-state index in [9.17, 15) is 9.59 Å². The lowest BCUT2D eigenvalue weighted by Gasteiger charge is -2.34. The maximum Gasteiger partial charge on any atom is 0.232 e. The third kappa shape index (κ3) is 5.00. The lowest BCUT2D eigenvalue weighted by atomic mass is 9.78. The van der Waals surface area contributed by atoms with Gasteiger partial charge in [0.05, 0.1) is 0 Å². The smallest absolute Gasteiger partial charge is 0.232 e. The molecule has 3 rings (SSSR count). The second-order valence-electron chi connectivity index (χ2n) is 7.84. The summed E-state index contributed by atoms with van der Waals surface area (Å²) in [6, 6.07) is 19.4. The molecule has 1 N–H and O–H groups in total. The number of rotatable bonds is 6. The zero-order chi connectivity index (χ0) is 19.9. The highest BCUT2D eigenvalue weighted by atomic mass is 16.2. The van der Waals surface area contributed by atoms with Crippen molar-refractivity contribution in [2.24, 2.45) is 11.8 Å². The van der Waals surface area contributed by atoms with Crippen LogP contribution < -0.4 is 10.2 Å². The highest BCUT2D eigenvalue weighted by Crippen LogP contribution is 2.30. The number of hydrogen-bond acceptors (Lipinski definition) is 2. The average Bonchev–Trinajstić information content (AvgIpc) is 2.72. The third-order valence-electron chi connectivity index (χ3n) is 5.90. The van der Waals surface area contributed by atoms with Gasteiger partial charge in [-0.15, -0.1) is 0 Å². The van der Waals surface area contributed by atoms with Crippen LogP contribution in [0.25, 0.3) is 0 Å². The summed E-state index contributed by atoms with van der Waals surface area (Å²) in [4.78, 5) is 27.2. The molecule has 2 amide bonds. The molecule has 1 fully saturated rings. The normalized spacial score (nSPS) is 21.7. The fourth-order valence-corrected chi connectivity index (χ4v) is 3.99. The Hall–Kier alpha value is -2.62. The van der Waals surface area contributed by atoms with E-state index in [4.69, 9.17) is 0 Å². The number of para-hydroxylation sites is 2. The van der Waals surface area contributed by atoms with Gasteiger partial charge in [-0.1, -0.05) is 63.1 Å². The first kappa shape index (κ1) is 20.1. The summed E-state index contributed by atoms with van der Waals surface area (Å²) in [6.07, 6.45) is 3.82. The summed E-state index contributed by atoms with van der Waals surface area (Å²) < 4.78 is 0. The molecule has 0 aliphatic heterocycles. The first-order chi connectivity index (χ1) is 13.6. The predicted octanol–water partition coefficient (Wildman–Crippen LogP) is 5.07. The molecule has 0 saturated heterocycles. The van der Waals surface area contributed by atoms with Crippen LogP contribution in [0.2, 0.25) is 0 Å². The van der Waals surface area contributed by atoms with Gasteiger partial charge in [-0.3, -0.25) is 14.5 Å². The van der Waals surface area contributed by atoms with E-state index in [1.165, 1.54) is 6.42 Å². The topological polar surface area (TPSA) is 49.4 Å². The monoisotopic (exact) mass is 378 g/mol. The molecular weight excluding hydrogens is 348 g/mol. The van der Waals surface area contributed by atoms with Gasteiger partial charge in [0, 0.05) is 30.3 Å². The van der Waals surface area contributed by atoms with Gasteiger partial charge in [-0.2, -0.15) is 0 Å². The van der Waals surface area contributed by atoms with Gasteiger partial charge < -0.3 is 5.32 Å². The maximum atomic E-state index is 13.0. The van der Waals surface area contributed by atoms with Crippen molar-refractivity contribution in [3.8, 4) is 0 Å². The Bertz CT molecular complexity index is 736. The first-order valence-electron chi connectivity index (χ1n) is 10.3. The van der Waals surface area contributed by atoms with Gasteiger partial charge >= 0.3 is 0 Å². The van der Waals surface area contributed by atoms with Crippen molar-refractivity contribution in [3.63, 3.8) is 0 Å². The van der Waals surface area contributed by atoms with Gasteiger partial charge in [0.25, 0.3) is 0 Å². The van der Waals surface area contributed by atoms with E-state index in [1.807, 2.05) is 60.7 Å². The standard InChI is InChI=1S/C24H30N2O2/c1-18-10-9-15-22(19(18)2)25-23(27)16-17-24(28)26(20-11-5-3-6-12-20)21-13-7-4-8-14-21/h3-8,11-14,18-19,22H,9-10,15-17H2,1-2H3,(H,25,27)/t18-,19-,22+/m1/s1. The van der Waals surface area contributed by atoms with Gasteiger partial charge in [0.15, 0.2) is 0 Å². The Morgan fingerprint density at radius 3 is 2.04 bits per heavy atom. The van der Waals surface area contributed by atoms with Crippen LogP contribution in [0.5, 0.6) is 0 Å². The Morgan fingerprint density at radius 2 is 1.46 bits per heavy atom. The molecule has 0 radical (unpaired) electrons. The lowest BCUT2D eigenvalue weighted by Crippen LogP contribution is -2.44. The van der Waals surface area contributed by atoms with Crippen LogP contribution in [0.1, 0.15) is 46.0 Å². The average molecular weight is 379 g/mol. The van der Waals surface area contributed by atoms with Crippen LogP contribution >= 0.6 is 0 Å². The molecule has 4 heteroatoms. The summed E-state index contributed by atoms with van der Waals surface area (Å²) in [6.45, 7) is 4.47. The summed E-state index contributed by atoms with van der Waals surface area (Å²) in [5.41, 5.74) is 1.63. The molecule has 0 bridgehead atoms.